The van der Waals surface area contributed by atoms with Crippen LogP contribution in [0, 0.1) is 11.5 Å². The summed E-state index contributed by atoms with van der Waals surface area (Å²) in [6.45, 7) is 8.50. The van der Waals surface area contributed by atoms with Crippen molar-refractivity contribution in [2.75, 3.05) is 6.54 Å². The number of benzene rings is 2. The Hall–Kier alpha value is -1.82. The van der Waals surface area contributed by atoms with E-state index in [9.17, 15) is 0 Å². The van der Waals surface area contributed by atoms with Gasteiger partial charge in [0, 0.05) is 13.1 Å². The zero-order valence-electron chi connectivity index (χ0n) is 13.1. The number of rotatable bonds is 4. The third-order valence-corrected chi connectivity index (χ3v) is 4.00. The molecule has 0 bridgehead atoms. The highest BCUT2D eigenvalue weighted by atomic mass is 28.3. The Morgan fingerprint density at radius 2 is 1.81 bits per heavy atom. The van der Waals surface area contributed by atoms with Gasteiger partial charge in [-0.3, -0.25) is 0 Å². The molecule has 0 aliphatic carbocycles. The Morgan fingerprint density at radius 1 is 1.05 bits per heavy atom. The van der Waals surface area contributed by atoms with Crippen LogP contribution in [0.25, 0.3) is 10.8 Å². The quantitative estimate of drug-likeness (QED) is 0.501. The first kappa shape index (κ1) is 15.6. The van der Waals surface area contributed by atoms with Crippen LogP contribution in [0.15, 0.2) is 54.6 Å². The standard InChI is InChI=1S/C19H23NSi/c1-21(2,3)15-8-4-7-14-20-16-18-12-9-11-17-10-5-6-13-19(17)18/h4-7,9-13,20H,14,16H2,1-3H3/b7-4+. The summed E-state index contributed by atoms with van der Waals surface area (Å²) >= 11 is 0. The van der Waals surface area contributed by atoms with Crippen LogP contribution in [0.4, 0.5) is 0 Å². The molecule has 0 unspecified atom stereocenters. The summed E-state index contributed by atoms with van der Waals surface area (Å²) in [6, 6.07) is 15.0. The number of allylic oxidation sites excluding steroid dienone is 1. The smallest absolute Gasteiger partial charge is 0.129 e. The van der Waals surface area contributed by atoms with E-state index in [0.29, 0.717) is 0 Å². The molecule has 0 spiro atoms. The molecule has 0 aliphatic heterocycles. The highest BCUT2D eigenvalue weighted by Crippen LogP contribution is 2.17. The van der Waals surface area contributed by atoms with Gasteiger partial charge in [-0.05, 0) is 22.4 Å². The molecule has 0 aliphatic rings. The summed E-state index contributed by atoms with van der Waals surface area (Å²) in [5.74, 6) is 3.14. The van der Waals surface area contributed by atoms with Gasteiger partial charge in [0.2, 0.25) is 0 Å². The Labute approximate surface area is 129 Å². The predicted molar refractivity (Wildman–Crippen MR) is 95.9 cm³/mol. The molecule has 108 valence electrons. The van der Waals surface area contributed by atoms with Crippen molar-refractivity contribution in [3.8, 4) is 11.5 Å². The van der Waals surface area contributed by atoms with Crippen molar-refractivity contribution in [3.05, 3.63) is 60.2 Å². The molecule has 0 amide bonds. The molecule has 1 N–H and O–H groups in total. The number of hydrogen-bond donors (Lipinski definition) is 1. The molecule has 2 heteroatoms. The van der Waals surface area contributed by atoms with Gasteiger partial charge in [-0.1, -0.05) is 74.1 Å². The largest absolute Gasteiger partial charge is 0.309 e. The summed E-state index contributed by atoms with van der Waals surface area (Å²) in [7, 11) is -1.24. The van der Waals surface area contributed by atoms with Gasteiger partial charge in [0.1, 0.15) is 8.07 Å². The summed E-state index contributed by atoms with van der Waals surface area (Å²) in [5, 5.41) is 6.08. The van der Waals surface area contributed by atoms with E-state index in [1.165, 1.54) is 16.3 Å². The van der Waals surface area contributed by atoms with Crippen LogP contribution in [0.3, 0.4) is 0 Å². The zero-order chi connectivity index (χ0) is 15.1. The van der Waals surface area contributed by atoms with E-state index in [4.69, 9.17) is 0 Å². The van der Waals surface area contributed by atoms with Crippen LogP contribution in [0.2, 0.25) is 19.6 Å². The SMILES string of the molecule is C[Si](C)(C)C#C/C=C/CNCc1cccc2ccccc12. The van der Waals surface area contributed by atoms with Gasteiger partial charge in [0.15, 0.2) is 0 Å². The summed E-state index contributed by atoms with van der Waals surface area (Å²) in [6.07, 6.45) is 4.06. The first-order chi connectivity index (χ1) is 10.1. The number of hydrogen-bond acceptors (Lipinski definition) is 1. The van der Waals surface area contributed by atoms with Crippen LogP contribution in [0.5, 0.6) is 0 Å². The fourth-order valence-corrected chi connectivity index (χ4v) is 2.63. The molecular weight excluding hydrogens is 270 g/mol. The summed E-state index contributed by atoms with van der Waals surface area (Å²) in [4.78, 5) is 0. The minimum Gasteiger partial charge on any atom is -0.309 e. The average molecular weight is 293 g/mol. The van der Waals surface area contributed by atoms with E-state index in [1.807, 2.05) is 6.08 Å². The molecule has 0 fully saturated rings. The van der Waals surface area contributed by atoms with Gasteiger partial charge in [-0.2, -0.15) is 0 Å². The molecule has 2 aromatic rings. The first-order valence-corrected chi connectivity index (χ1v) is 10.9. The molecule has 0 aromatic heterocycles. The monoisotopic (exact) mass is 293 g/mol. The average Bonchev–Trinajstić information content (AvgIpc) is 2.45. The van der Waals surface area contributed by atoms with Crippen LogP contribution in [0.1, 0.15) is 5.56 Å². The molecule has 21 heavy (non-hydrogen) atoms. The lowest BCUT2D eigenvalue weighted by Crippen LogP contribution is -2.16. The van der Waals surface area contributed by atoms with Crippen molar-refractivity contribution in [1.29, 1.82) is 0 Å². The number of nitrogens with one attached hydrogen (secondary N) is 1. The van der Waals surface area contributed by atoms with Crippen LogP contribution in [-0.2, 0) is 6.54 Å². The van der Waals surface area contributed by atoms with Gasteiger partial charge in [0.25, 0.3) is 0 Å². The minimum absolute atomic E-state index is 0.851. The maximum Gasteiger partial charge on any atom is 0.129 e. The lowest BCUT2D eigenvalue weighted by Gasteiger charge is -2.06. The van der Waals surface area contributed by atoms with Crippen molar-refractivity contribution in [2.24, 2.45) is 0 Å². The lowest BCUT2D eigenvalue weighted by molar-refractivity contribution is 0.764. The fourth-order valence-electron chi connectivity index (χ4n) is 2.11. The van der Waals surface area contributed by atoms with Crippen molar-refractivity contribution in [3.63, 3.8) is 0 Å². The van der Waals surface area contributed by atoms with Gasteiger partial charge in [-0.25, -0.2) is 0 Å². The van der Waals surface area contributed by atoms with Crippen molar-refractivity contribution >= 4 is 18.8 Å². The van der Waals surface area contributed by atoms with Crippen LogP contribution >= 0.6 is 0 Å². The molecule has 2 rings (SSSR count). The third kappa shape index (κ3) is 5.22. The lowest BCUT2D eigenvalue weighted by atomic mass is 10.0. The highest BCUT2D eigenvalue weighted by molar-refractivity contribution is 6.83. The molecule has 2 aromatic carbocycles. The third-order valence-electron chi connectivity index (χ3n) is 3.11. The van der Waals surface area contributed by atoms with Gasteiger partial charge in [-0.15, -0.1) is 5.54 Å². The highest BCUT2D eigenvalue weighted by Gasteiger charge is 2.06. The summed E-state index contributed by atoms with van der Waals surface area (Å²) < 4.78 is 0. The minimum atomic E-state index is -1.24. The van der Waals surface area contributed by atoms with Gasteiger partial charge < -0.3 is 5.32 Å². The van der Waals surface area contributed by atoms with Crippen LogP contribution in [-0.4, -0.2) is 14.6 Å². The van der Waals surface area contributed by atoms with E-state index in [0.717, 1.165) is 13.1 Å². The van der Waals surface area contributed by atoms with E-state index >= 15 is 0 Å². The second-order valence-corrected chi connectivity index (χ2v) is 10.9. The number of fused-ring (bicyclic) bond motifs is 1. The van der Waals surface area contributed by atoms with E-state index in [1.54, 1.807) is 0 Å². The van der Waals surface area contributed by atoms with Gasteiger partial charge in [0.05, 0.1) is 0 Å². The van der Waals surface area contributed by atoms with Crippen LogP contribution < -0.4 is 5.32 Å². The van der Waals surface area contributed by atoms with Crippen molar-refractivity contribution in [2.45, 2.75) is 26.2 Å². The normalized spacial score (nSPS) is 11.6. The van der Waals surface area contributed by atoms with Gasteiger partial charge >= 0.3 is 0 Å². The predicted octanol–water partition coefficient (Wildman–Crippen LogP) is 4.37. The molecule has 0 atom stereocenters. The maximum absolute atomic E-state index is 3.45. The summed E-state index contributed by atoms with van der Waals surface area (Å²) in [5.41, 5.74) is 4.67. The molecule has 1 nitrogen and oxygen atoms in total. The Kier molecular flexibility index (Phi) is 5.38. The van der Waals surface area contributed by atoms with Crippen molar-refractivity contribution < 1.29 is 0 Å². The zero-order valence-corrected chi connectivity index (χ0v) is 14.1. The molecular formula is C19H23NSi. The van der Waals surface area contributed by atoms with E-state index < -0.39 is 8.07 Å². The second kappa shape index (κ2) is 7.26. The topological polar surface area (TPSA) is 12.0 Å². The first-order valence-electron chi connectivity index (χ1n) is 7.41. The fraction of sp³-hybridized carbons (Fsp3) is 0.263. The Morgan fingerprint density at radius 3 is 2.62 bits per heavy atom. The maximum atomic E-state index is 3.45. The molecule has 0 radical (unpaired) electrons. The molecule has 0 saturated heterocycles. The Bertz CT molecular complexity index is 679. The van der Waals surface area contributed by atoms with E-state index in [2.05, 4.69) is 85.0 Å². The second-order valence-electron chi connectivity index (χ2n) is 6.19. The molecule has 0 heterocycles. The Balaban J connectivity index is 1.88. The van der Waals surface area contributed by atoms with E-state index in [-0.39, 0.29) is 0 Å². The molecule has 0 saturated carbocycles. The van der Waals surface area contributed by atoms with Crippen molar-refractivity contribution in [1.82, 2.24) is 5.32 Å².